The van der Waals surface area contributed by atoms with Crippen LogP contribution in [0.2, 0.25) is 5.02 Å². The van der Waals surface area contributed by atoms with Crippen molar-refractivity contribution in [2.75, 3.05) is 18.4 Å². The van der Waals surface area contributed by atoms with Gasteiger partial charge in [0.2, 0.25) is 0 Å². The average Bonchev–Trinajstić information content (AvgIpc) is 3.35. The van der Waals surface area contributed by atoms with Crippen molar-refractivity contribution in [3.05, 3.63) is 70.1 Å². The molecule has 0 aliphatic heterocycles. The van der Waals surface area contributed by atoms with Crippen LogP contribution >= 0.6 is 22.9 Å². The van der Waals surface area contributed by atoms with Crippen molar-refractivity contribution in [3.63, 3.8) is 0 Å². The molecule has 10 nitrogen and oxygen atoms in total. The average molecular weight is 524 g/mol. The number of methoxy groups -OCH3 is 1. The molecular formula is C21H18ClN3O7S2. The third-order valence-corrected chi connectivity index (χ3v) is 7.26. The molecule has 1 aromatic heterocycles. The zero-order valence-corrected chi connectivity index (χ0v) is 19.9. The van der Waals surface area contributed by atoms with Crippen molar-refractivity contribution in [2.24, 2.45) is 5.10 Å². The number of sulfonamides is 1. The number of rotatable bonds is 10. The van der Waals surface area contributed by atoms with Gasteiger partial charge in [-0.05, 0) is 35.7 Å². The van der Waals surface area contributed by atoms with Gasteiger partial charge in [0.25, 0.3) is 15.9 Å². The Bertz CT molecular complexity index is 1330. The number of hydrogen-bond donors (Lipinski definition) is 3. The highest BCUT2D eigenvalue weighted by atomic mass is 35.5. The van der Waals surface area contributed by atoms with Crippen molar-refractivity contribution in [3.8, 4) is 11.5 Å². The lowest BCUT2D eigenvalue weighted by Crippen LogP contribution is -2.21. The monoisotopic (exact) mass is 523 g/mol. The summed E-state index contributed by atoms with van der Waals surface area (Å²) in [7, 11) is -2.56. The number of carbonyl (C=O) groups is 2. The molecule has 0 saturated heterocycles. The van der Waals surface area contributed by atoms with Crippen LogP contribution in [0.1, 0.15) is 15.9 Å². The molecule has 1 amide bonds. The number of hydrogen-bond acceptors (Lipinski definition) is 8. The number of halogens is 1. The molecule has 0 spiro atoms. The molecule has 0 aliphatic rings. The number of anilines is 1. The Labute approximate surface area is 203 Å². The molecule has 0 aliphatic carbocycles. The van der Waals surface area contributed by atoms with Gasteiger partial charge < -0.3 is 14.6 Å². The van der Waals surface area contributed by atoms with E-state index in [1.807, 2.05) is 0 Å². The lowest BCUT2D eigenvalue weighted by molar-refractivity contribution is -0.139. The minimum absolute atomic E-state index is 0.0221. The van der Waals surface area contributed by atoms with Crippen molar-refractivity contribution in [2.45, 2.75) is 4.21 Å². The molecule has 3 rings (SSSR count). The summed E-state index contributed by atoms with van der Waals surface area (Å²) in [6.07, 6.45) is 1.23. The second-order valence-electron chi connectivity index (χ2n) is 6.46. The van der Waals surface area contributed by atoms with Crippen LogP contribution in [0.15, 0.2) is 63.2 Å². The zero-order chi connectivity index (χ0) is 24.7. The minimum atomic E-state index is -3.95. The van der Waals surface area contributed by atoms with Gasteiger partial charge in [-0.1, -0.05) is 29.8 Å². The van der Waals surface area contributed by atoms with Gasteiger partial charge in [0, 0.05) is 5.56 Å². The Kier molecular flexibility index (Phi) is 8.10. The Morgan fingerprint density at radius 2 is 1.94 bits per heavy atom. The first-order chi connectivity index (χ1) is 16.2. The quantitative estimate of drug-likeness (QED) is 0.273. The van der Waals surface area contributed by atoms with E-state index in [4.69, 9.17) is 26.2 Å². The summed E-state index contributed by atoms with van der Waals surface area (Å²) in [5.74, 6) is -1.52. The summed E-state index contributed by atoms with van der Waals surface area (Å²) >= 11 is 7.18. The van der Waals surface area contributed by atoms with E-state index in [-0.39, 0.29) is 32.0 Å². The number of carboxylic acid groups (broad SMARTS) is 1. The third kappa shape index (κ3) is 6.04. The molecule has 3 N–H and O–H groups in total. The zero-order valence-electron chi connectivity index (χ0n) is 17.5. The highest BCUT2D eigenvalue weighted by Gasteiger charge is 2.21. The maximum Gasteiger partial charge on any atom is 0.341 e. The van der Waals surface area contributed by atoms with E-state index in [2.05, 4.69) is 15.2 Å². The van der Waals surface area contributed by atoms with Gasteiger partial charge in [-0.25, -0.2) is 18.6 Å². The van der Waals surface area contributed by atoms with E-state index in [1.54, 1.807) is 29.6 Å². The van der Waals surface area contributed by atoms with Crippen LogP contribution in [-0.2, 0) is 14.8 Å². The van der Waals surface area contributed by atoms with Crippen molar-refractivity contribution >= 4 is 56.7 Å². The van der Waals surface area contributed by atoms with Crippen molar-refractivity contribution < 1.29 is 32.6 Å². The first kappa shape index (κ1) is 25.0. The molecule has 178 valence electrons. The van der Waals surface area contributed by atoms with E-state index in [1.165, 1.54) is 37.6 Å². The number of nitrogens with zero attached hydrogens (tertiary/aromatic N) is 1. The second kappa shape index (κ2) is 11.0. The predicted octanol–water partition coefficient (Wildman–Crippen LogP) is 3.44. The molecule has 0 bridgehead atoms. The fourth-order valence-corrected chi connectivity index (χ4v) is 5.09. The van der Waals surface area contributed by atoms with Gasteiger partial charge in [-0.2, -0.15) is 5.10 Å². The van der Waals surface area contributed by atoms with E-state index < -0.39 is 28.5 Å². The number of carbonyl (C=O) groups excluding carboxylic acids is 1. The number of nitrogens with one attached hydrogen (secondary N) is 2. The Morgan fingerprint density at radius 3 is 2.62 bits per heavy atom. The number of para-hydroxylation sites is 2. The molecule has 0 atom stereocenters. The smallest absolute Gasteiger partial charge is 0.341 e. The topological polar surface area (TPSA) is 143 Å². The largest absolute Gasteiger partial charge is 0.493 e. The van der Waals surface area contributed by atoms with Gasteiger partial charge in [0.05, 0.1) is 29.6 Å². The van der Waals surface area contributed by atoms with Crippen molar-refractivity contribution in [1.82, 2.24) is 5.43 Å². The van der Waals surface area contributed by atoms with Crippen LogP contribution < -0.4 is 19.6 Å². The van der Waals surface area contributed by atoms with Crippen LogP contribution in [0.4, 0.5) is 5.69 Å². The van der Waals surface area contributed by atoms with Gasteiger partial charge >= 0.3 is 5.97 Å². The fourth-order valence-electron chi connectivity index (χ4n) is 2.72. The standard InChI is InChI=1S/C21H18ClN3O7S2/c1-31-16-8-2-5-13(20(16)32-12-17(26)27)11-23-24-21(28)14-6-3-7-15(22)19(14)25-34(29,30)18-9-4-10-33-18/h2-11,25H,12H2,1H3,(H,24,28)(H,26,27). The molecule has 13 heteroatoms. The fraction of sp³-hybridized carbons (Fsp3) is 0.0952. The predicted molar refractivity (Wildman–Crippen MR) is 128 cm³/mol. The molecule has 0 unspecified atom stereocenters. The number of ether oxygens (including phenoxy) is 2. The van der Waals surface area contributed by atoms with Gasteiger partial charge in [0.15, 0.2) is 18.1 Å². The van der Waals surface area contributed by atoms with Crippen LogP contribution in [-0.4, -0.2) is 45.3 Å². The number of thiophene rings is 1. The lowest BCUT2D eigenvalue weighted by Gasteiger charge is -2.13. The molecule has 3 aromatic rings. The van der Waals surface area contributed by atoms with Crippen LogP contribution in [0.3, 0.4) is 0 Å². The van der Waals surface area contributed by atoms with Crippen molar-refractivity contribution in [1.29, 1.82) is 0 Å². The summed E-state index contributed by atoms with van der Waals surface area (Å²) in [5, 5.41) is 14.4. The first-order valence-electron chi connectivity index (χ1n) is 9.42. The summed E-state index contributed by atoms with van der Waals surface area (Å²) in [6.45, 7) is -0.607. The van der Waals surface area contributed by atoms with Crippen LogP contribution in [0, 0.1) is 0 Å². The minimum Gasteiger partial charge on any atom is -0.493 e. The number of hydrazone groups is 1. The summed E-state index contributed by atoms with van der Waals surface area (Å²) < 4.78 is 38.1. The van der Waals surface area contributed by atoms with E-state index in [9.17, 15) is 18.0 Å². The Morgan fingerprint density at radius 1 is 1.18 bits per heavy atom. The molecule has 0 saturated carbocycles. The summed E-state index contributed by atoms with van der Waals surface area (Å²) in [4.78, 5) is 23.6. The highest BCUT2D eigenvalue weighted by Crippen LogP contribution is 2.31. The van der Waals surface area contributed by atoms with Gasteiger partial charge in [-0.3, -0.25) is 9.52 Å². The number of aliphatic carboxylic acids is 1. The lowest BCUT2D eigenvalue weighted by atomic mass is 10.2. The molecule has 0 radical (unpaired) electrons. The third-order valence-electron chi connectivity index (χ3n) is 4.19. The van der Waals surface area contributed by atoms with Crippen LogP contribution in [0.25, 0.3) is 0 Å². The molecule has 0 fully saturated rings. The second-order valence-corrected chi connectivity index (χ2v) is 9.72. The molecule has 34 heavy (non-hydrogen) atoms. The number of amides is 1. The first-order valence-corrected chi connectivity index (χ1v) is 12.2. The van der Waals surface area contributed by atoms with Gasteiger partial charge in [-0.15, -0.1) is 11.3 Å². The number of benzene rings is 2. The van der Waals surface area contributed by atoms with E-state index >= 15 is 0 Å². The summed E-state index contributed by atoms with van der Waals surface area (Å²) in [5.41, 5.74) is 2.47. The Hall–Kier alpha value is -3.61. The molecular weight excluding hydrogens is 506 g/mol. The van der Waals surface area contributed by atoms with Crippen LogP contribution in [0.5, 0.6) is 11.5 Å². The normalized spacial score (nSPS) is 11.2. The molecule has 2 aromatic carbocycles. The van der Waals surface area contributed by atoms with E-state index in [0.29, 0.717) is 5.56 Å². The maximum atomic E-state index is 12.8. The van der Waals surface area contributed by atoms with E-state index in [0.717, 1.165) is 11.3 Å². The number of carboxylic acids is 1. The Balaban J connectivity index is 1.83. The maximum absolute atomic E-state index is 12.8. The SMILES string of the molecule is COc1cccc(C=NNC(=O)c2cccc(Cl)c2NS(=O)(=O)c2cccs2)c1OCC(=O)O. The highest BCUT2D eigenvalue weighted by molar-refractivity contribution is 7.94. The molecule has 1 heterocycles. The summed E-state index contributed by atoms with van der Waals surface area (Å²) in [6, 6.07) is 12.1. The van der Waals surface area contributed by atoms with Gasteiger partial charge in [0.1, 0.15) is 4.21 Å².